The van der Waals surface area contributed by atoms with E-state index in [1.54, 1.807) is 0 Å². The van der Waals surface area contributed by atoms with E-state index in [4.69, 9.17) is 0 Å². The molecule has 0 bridgehead atoms. The summed E-state index contributed by atoms with van der Waals surface area (Å²) in [5.41, 5.74) is -0.666. The molecule has 1 aliphatic heterocycles. The Balaban J connectivity index is 2.27. The first-order valence-corrected chi connectivity index (χ1v) is 7.66. The van der Waals surface area contributed by atoms with Gasteiger partial charge in [-0.25, -0.2) is 4.39 Å². The molecule has 6 heteroatoms. The molecule has 4 nitrogen and oxygen atoms in total. The molecule has 1 fully saturated rings. The Hall–Kier alpha value is -1.43. The van der Waals surface area contributed by atoms with Crippen LogP contribution in [0.1, 0.15) is 36.5 Å². The van der Waals surface area contributed by atoms with Gasteiger partial charge in [-0.15, -0.1) is 0 Å². The molecule has 0 aliphatic carbocycles. The van der Waals surface area contributed by atoms with E-state index in [2.05, 4.69) is 15.9 Å². The monoisotopic (exact) mass is 357 g/mol. The van der Waals surface area contributed by atoms with E-state index in [1.807, 2.05) is 6.92 Å². The van der Waals surface area contributed by atoms with Crippen LogP contribution in [-0.2, 0) is 4.79 Å². The lowest BCUT2D eigenvalue weighted by atomic mass is 9.77. The van der Waals surface area contributed by atoms with E-state index in [-0.39, 0.29) is 18.0 Å². The summed E-state index contributed by atoms with van der Waals surface area (Å²) in [6.07, 6.45) is 1.67. The number of nitrogens with zero attached hydrogens (tertiary/aromatic N) is 1. The van der Waals surface area contributed by atoms with E-state index in [1.165, 1.54) is 23.1 Å². The fraction of sp³-hybridized carbons (Fsp3) is 0.467. The fourth-order valence-electron chi connectivity index (χ4n) is 2.75. The Morgan fingerprint density at radius 2 is 2.19 bits per heavy atom. The Labute approximate surface area is 131 Å². The van der Waals surface area contributed by atoms with Crippen molar-refractivity contribution in [2.24, 2.45) is 5.41 Å². The number of carbonyl (C=O) groups excluding carboxylic acids is 1. The number of benzene rings is 1. The largest absolute Gasteiger partial charge is 0.481 e. The van der Waals surface area contributed by atoms with Crippen LogP contribution in [0.3, 0.4) is 0 Å². The maximum absolute atomic E-state index is 13.3. The van der Waals surface area contributed by atoms with Crippen LogP contribution in [0.4, 0.5) is 4.39 Å². The average Bonchev–Trinajstić information content (AvgIpc) is 2.48. The molecule has 1 saturated heterocycles. The van der Waals surface area contributed by atoms with Gasteiger partial charge in [-0.3, -0.25) is 9.59 Å². The van der Waals surface area contributed by atoms with Crippen molar-refractivity contribution in [1.29, 1.82) is 0 Å². The van der Waals surface area contributed by atoms with E-state index in [0.717, 1.165) is 0 Å². The van der Waals surface area contributed by atoms with Crippen LogP contribution >= 0.6 is 15.9 Å². The highest BCUT2D eigenvalue weighted by Gasteiger charge is 2.42. The van der Waals surface area contributed by atoms with Gasteiger partial charge in [0, 0.05) is 17.6 Å². The zero-order valence-electron chi connectivity index (χ0n) is 11.7. The minimum Gasteiger partial charge on any atom is -0.481 e. The molecule has 1 aliphatic rings. The normalized spacial score (nSPS) is 22.1. The number of hydrogen-bond acceptors (Lipinski definition) is 2. The van der Waals surface area contributed by atoms with Gasteiger partial charge in [0.1, 0.15) is 5.82 Å². The van der Waals surface area contributed by atoms with Gasteiger partial charge < -0.3 is 10.0 Å². The Morgan fingerprint density at radius 3 is 2.81 bits per heavy atom. The molecular formula is C15H17BrFNO3. The molecule has 1 atom stereocenters. The molecule has 1 aromatic rings. The second-order valence-electron chi connectivity index (χ2n) is 5.39. The molecular weight excluding hydrogens is 341 g/mol. The van der Waals surface area contributed by atoms with Crippen LogP contribution in [-0.4, -0.2) is 35.0 Å². The number of amides is 1. The van der Waals surface area contributed by atoms with E-state index >= 15 is 0 Å². The zero-order chi connectivity index (χ0) is 15.6. The summed E-state index contributed by atoms with van der Waals surface area (Å²) in [5, 5.41) is 9.45. The number of carboxylic acids is 1. The van der Waals surface area contributed by atoms with Crippen molar-refractivity contribution in [2.75, 3.05) is 13.1 Å². The number of hydrogen-bond donors (Lipinski definition) is 1. The first-order valence-electron chi connectivity index (χ1n) is 6.87. The Morgan fingerprint density at radius 1 is 1.48 bits per heavy atom. The van der Waals surface area contributed by atoms with Gasteiger partial charge in [0.2, 0.25) is 0 Å². The third-order valence-electron chi connectivity index (χ3n) is 4.15. The molecule has 0 spiro atoms. The summed E-state index contributed by atoms with van der Waals surface area (Å²) in [4.78, 5) is 25.6. The van der Waals surface area contributed by atoms with Crippen molar-refractivity contribution in [3.63, 3.8) is 0 Å². The maximum Gasteiger partial charge on any atom is 0.311 e. The first kappa shape index (κ1) is 15.9. The van der Waals surface area contributed by atoms with Gasteiger partial charge in [0.15, 0.2) is 0 Å². The lowest BCUT2D eigenvalue weighted by Crippen LogP contribution is -2.49. The summed E-state index contributed by atoms with van der Waals surface area (Å²) >= 11 is 3.24. The third kappa shape index (κ3) is 3.10. The molecule has 0 radical (unpaired) electrons. The molecule has 114 valence electrons. The molecule has 1 aromatic carbocycles. The summed E-state index contributed by atoms with van der Waals surface area (Å²) in [6, 6.07) is 3.93. The molecule has 0 saturated carbocycles. The topological polar surface area (TPSA) is 57.6 Å². The van der Waals surface area contributed by atoms with Gasteiger partial charge >= 0.3 is 5.97 Å². The second-order valence-corrected chi connectivity index (χ2v) is 6.25. The van der Waals surface area contributed by atoms with Crippen molar-refractivity contribution in [3.05, 3.63) is 34.1 Å². The number of carboxylic acid groups (broad SMARTS) is 1. The van der Waals surface area contributed by atoms with Crippen LogP contribution < -0.4 is 0 Å². The van der Waals surface area contributed by atoms with Crippen molar-refractivity contribution in [1.82, 2.24) is 4.90 Å². The number of piperidine rings is 1. The van der Waals surface area contributed by atoms with Crippen LogP contribution in [0.25, 0.3) is 0 Å². The molecule has 2 rings (SSSR count). The SMILES string of the molecule is CCC1(C(=O)O)CCCN(C(=O)c2cc(F)ccc2Br)C1. The predicted molar refractivity (Wildman–Crippen MR) is 79.6 cm³/mol. The van der Waals surface area contributed by atoms with Crippen LogP contribution in [0.2, 0.25) is 0 Å². The van der Waals surface area contributed by atoms with Crippen molar-refractivity contribution in [3.8, 4) is 0 Å². The van der Waals surface area contributed by atoms with Gasteiger partial charge in [0.25, 0.3) is 5.91 Å². The standard InChI is InChI=1S/C15H17BrFNO3/c1-2-15(14(20)21)6-3-7-18(9-15)13(19)11-8-10(17)4-5-12(11)16/h4-5,8H,2-3,6-7,9H2,1H3,(H,20,21). The average molecular weight is 358 g/mol. The smallest absolute Gasteiger partial charge is 0.311 e. The fourth-order valence-corrected chi connectivity index (χ4v) is 3.17. The quantitative estimate of drug-likeness (QED) is 0.902. The van der Waals surface area contributed by atoms with E-state index in [9.17, 15) is 19.1 Å². The second kappa shape index (κ2) is 6.13. The van der Waals surface area contributed by atoms with Gasteiger partial charge in [-0.05, 0) is 53.4 Å². The first-order chi connectivity index (χ1) is 9.89. The highest BCUT2D eigenvalue weighted by molar-refractivity contribution is 9.10. The van der Waals surface area contributed by atoms with E-state index in [0.29, 0.717) is 30.3 Å². The summed E-state index contributed by atoms with van der Waals surface area (Å²) in [5.74, 6) is -1.69. The van der Waals surface area contributed by atoms with Crippen molar-refractivity contribution < 1.29 is 19.1 Å². The lowest BCUT2D eigenvalue weighted by molar-refractivity contribution is -0.152. The van der Waals surface area contributed by atoms with Crippen molar-refractivity contribution >= 4 is 27.8 Å². The number of rotatable bonds is 3. The Bertz CT molecular complexity index is 578. The highest BCUT2D eigenvalue weighted by Crippen LogP contribution is 2.34. The highest BCUT2D eigenvalue weighted by atomic mass is 79.9. The molecule has 21 heavy (non-hydrogen) atoms. The molecule has 1 heterocycles. The molecule has 1 amide bonds. The zero-order valence-corrected chi connectivity index (χ0v) is 13.3. The van der Waals surface area contributed by atoms with Gasteiger partial charge in [-0.2, -0.15) is 0 Å². The summed E-state index contributed by atoms with van der Waals surface area (Å²) in [6.45, 7) is 2.48. The van der Waals surface area contributed by atoms with Crippen LogP contribution in [0.15, 0.2) is 22.7 Å². The Kier molecular flexibility index (Phi) is 4.66. The van der Waals surface area contributed by atoms with Gasteiger partial charge in [-0.1, -0.05) is 6.92 Å². The number of likely N-dealkylation sites (tertiary alicyclic amines) is 1. The maximum atomic E-state index is 13.3. The van der Waals surface area contributed by atoms with Crippen LogP contribution in [0.5, 0.6) is 0 Å². The molecule has 1 unspecified atom stereocenters. The minimum atomic E-state index is -0.895. The minimum absolute atomic E-state index is 0.167. The van der Waals surface area contributed by atoms with E-state index < -0.39 is 17.2 Å². The van der Waals surface area contributed by atoms with Crippen LogP contribution in [0, 0.1) is 11.2 Å². The predicted octanol–water partition coefficient (Wildman–Crippen LogP) is 3.31. The number of aliphatic carboxylic acids is 1. The summed E-state index contributed by atoms with van der Waals surface area (Å²) < 4.78 is 13.8. The molecule has 1 N–H and O–H groups in total. The molecule has 0 aromatic heterocycles. The third-order valence-corrected chi connectivity index (χ3v) is 4.84. The number of halogens is 2. The number of carbonyl (C=O) groups is 2. The lowest BCUT2D eigenvalue weighted by Gasteiger charge is -2.39. The van der Waals surface area contributed by atoms with Crippen molar-refractivity contribution in [2.45, 2.75) is 26.2 Å². The van der Waals surface area contributed by atoms with Gasteiger partial charge in [0.05, 0.1) is 11.0 Å². The summed E-state index contributed by atoms with van der Waals surface area (Å²) in [7, 11) is 0.